The summed E-state index contributed by atoms with van der Waals surface area (Å²) in [5.74, 6) is -1.48. The standard InChI is InChI=1S/C13H9F3N6/c14-13(15,16)11-20-12-19-10(18)8(6-17)9(22(12)21-11)7-4-2-1-3-5-7/h1-5,9H,18H2,(H,19,20,21)/t9-/m1/s1. The van der Waals surface area contributed by atoms with Gasteiger partial charge in [0.2, 0.25) is 5.95 Å². The first-order valence-electron chi connectivity index (χ1n) is 6.17. The second-order valence-corrected chi connectivity index (χ2v) is 4.58. The van der Waals surface area contributed by atoms with E-state index in [1.807, 2.05) is 6.07 Å². The molecule has 6 nitrogen and oxygen atoms in total. The van der Waals surface area contributed by atoms with Crippen LogP contribution in [-0.4, -0.2) is 14.8 Å². The number of benzene rings is 1. The van der Waals surface area contributed by atoms with Gasteiger partial charge in [-0.25, -0.2) is 4.68 Å². The van der Waals surface area contributed by atoms with Crippen molar-refractivity contribution in [3.8, 4) is 6.07 Å². The van der Waals surface area contributed by atoms with Gasteiger partial charge in [0.05, 0.1) is 5.57 Å². The third-order valence-corrected chi connectivity index (χ3v) is 3.18. The third-order valence-electron chi connectivity index (χ3n) is 3.18. The van der Waals surface area contributed by atoms with Crippen molar-refractivity contribution < 1.29 is 13.2 Å². The largest absolute Gasteiger partial charge is 0.453 e. The number of aromatic nitrogens is 3. The molecule has 0 radical (unpaired) electrons. The van der Waals surface area contributed by atoms with Crippen LogP contribution in [0.2, 0.25) is 0 Å². The van der Waals surface area contributed by atoms with Gasteiger partial charge in [0.25, 0.3) is 5.82 Å². The molecule has 0 saturated carbocycles. The Morgan fingerprint density at radius 2 is 1.95 bits per heavy atom. The summed E-state index contributed by atoms with van der Waals surface area (Å²) in [7, 11) is 0. The van der Waals surface area contributed by atoms with Gasteiger partial charge in [-0.15, -0.1) is 5.10 Å². The monoisotopic (exact) mass is 306 g/mol. The summed E-state index contributed by atoms with van der Waals surface area (Å²) in [6.45, 7) is 0. The number of nitrogens with zero attached hydrogens (tertiary/aromatic N) is 4. The molecule has 0 spiro atoms. The molecular formula is C13H9F3N6. The maximum atomic E-state index is 12.8. The highest BCUT2D eigenvalue weighted by atomic mass is 19.4. The lowest BCUT2D eigenvalue weighted by atomic mass is 9.98. The quantitative estimate of drug-likeness (QED) is 0.840. The highest BCUT2D eigenvalue weighted by Crippen LogP contribution is 2.35. The van der Waals surface area contributed by atoms with E-state index >= 15 is 0 Å². The third kappa shape index (κ3) is 2.14. The van der Waals surface area contributed by atoms with E-state index in [0.717, 1.165) is 4.68 Å². The van der Waals surface area contributed by atoms with Gasteiger partial charge in [0, 0.05) is 0 Å². The summed E-state index contributed by atoms with van der Waals surface area (Å²) in [5.41, 5.74) is 6.40. The van der Waals surface area contributed by atoms with Gasteiger partial charge in [-0.1, -0.05) is 30.3 Å². The molecule has 1 aliphatic heterocycles. The molecule has 0 bridgehead atoms. The molecule has 112 valence electrons. The molecule has 1 aliphatic rings. The number of anilines is 1. The first-order chi connectivity index (χ1) is 10.4. The number of rotatable bonds is 1. The van der Waals surface area contributed by atoms with Crippen LogP contribution in [0.15, 0.2) is 41.7 Å². The normalized spacial score (nSPS) is 17.6. The molecule has 3 rings (SSSR count). The molecule has 0 unspecified atom stereocenters. The fourth-order valence-corrected chi connectivity index (χ4v) is 2.23. The Labute approximate surface area is 122 Å². The maximum absolute atomic E-state index is 12.8. The van der Waals surface area contributed by atoms with Gasteiger partial charge in [0.1, 0.15) is 17.9 Å². The molecule has 0 amide bonds. The molecule has 0 aliphatic carbocycles. The molecule has 9 heteroatoms. The summed E-state index contributed by atoms with van der Waals surface area (Å²) in [4.78, 5) is 3.41. The lowest BCUT2D eigenvalue weighted by Crippen LogP contribution is -2.28. The minimum absolute atomic E-state index is 0.0371. The first-order valence-corrected chi connectivity index (χ1v) is 6.17. The maximum Gasteiger partial charge on any atom is 0.453 e. The zero-order valence-corrected chi connectivity index (χ0v) is 11.0. The van der Waals surface area contributed by atoms with Gasteiger partial charge >= 0.3 is 6.18 Å². The molecule has 0 saturated heterocycles. The minimum atomic E-state index is -4.69. The Kier molecular flexibility index (Phi) is 3.02. The average molecular weight is 306 g/mol. The minimum Gasteiger partial charge on any atom is -0.384 e. The Morgan fingerprint density at radius 1 is 1.27 bits per heavy atom. The van der Waals surface area contributed by atoms with Crippen molar-refractivity contribution in [1.29, 1.82) is 5.26 Å². The Bertz CT molecular complexity index is 784. The summed E-state index contributed by atoms with van der Waals surface area (Å²) < 4.78 is 39.4. The van der Waals surface area contributed by atoms with Crippen LogP contribution in [-0.2, 0) is 6.18 Å². The molecule has 0 fully saturated rings. The van der Waals surface area contributed by atoms with E-state index in [1.54, 1.807) is 30.3 Å². The highest BCUT2D eigenvalue weighted by Gasteiger charge is 2.40. The second-order valence-electron chi connectivity index (χ2n) is 4.58. The molecule has 1 atom stereocenters. The predicted molar refractivity (Wildman–Crippen MR) is 70.1 cm³/mol. The van der Waals surface area contributed by atoms with E-state index in [9.17, 15) is 18.4 Å². The van der Waals surface area contributed by atoms with Crippen LogP contribution in [0, 0.1) is 11.3 Å². The Morgan fingerprint density at radius 3 is 2.55 bits per heavy atom. The number of nitriles is 1. The van der Waals surface area contributed by atoms with E-state index in [-0.39, 0.29) is 17.3 Å². The van der Waals surface area contributed by atoms with Gasteiger partial charge in [-0.3, -0.25) is 0 Å². The number of hydrogen-bond donors (Lipinski definition) is 2. The van der Waals surface area contributed by atoms with Crippen LogP contribution < -0.4 is 11.1 Å². The topological polar surface area (TPSA) is 92.6 Å². The van der Waals surface area contributed by atoms with Crippen LogP contribution >= 0.6 is 0 Å². The van der Waals surface area contributed by atoms with Crippen molar-refractivity contribution in [2.24, 2.45) is 5.73 Å². The van der Waals surface area contributed by atoms with Crippen molar-refractivity contribution in [1.82, 2.24) is 14.8 Å². The molecule has 2 aromatic rings. The van der Waals surface area contributed by atoms with Crippen molar-refractivity contribution in [2.45, 2.75) is 12.2 Å². The smallest absolute Gasteiger partial charge is 0.384 e. The van der Waals surface area contributed by atoms with E-state index in [0.29, 0.717) is 5.56 Å². The number of hydrogen-bond acceptors (Lipinski definition) is 5. The van der Waals surface area contributed by atoms with Gasteiger partial charge in [-0.2, -0.15) is 23.4 Å². The van der Waals surface area contributed by atoms with Crippen molar-refractivity contribution in [3.05, 3.63) is 53.1 Å². The van der Waals surface area contributed by atoms with Crippen LogP contribution in [0.25, 0.3) is 0 Å². The number of nitrogens with one attached hydrogen (secondary N) is 1. The SMILES string of the molecule is N#CC1=C(N)Nc2nc(C(F)(F)F)nn2[C@@H]1c1ccccc1. The van der Waals surface area contributed by atoms with Crippen molar-refractivity contribution in [3.63, 3.8) is 0 Å². The van der Waals surface area contributed by atoms with Crippen LogP contribution in [0.4, 0.5) is 19.1 Å². The predicted octanol–water partition coefficient (Wildman–Crippen LogP) is 2.01. The second kappa shape index (κ2) is 4.77. The van der Waals surface area contributed by atoms with Gasteiger partial charge in [-0.05, 0) is 5.56 Å². The van der Waals surface area contributed by atoms with Gasteiger partial charge in [0.15, 0.2) is 0 Å². The lowest BCUT2D eigenvalue weighted by molar-refractivity contribution is -0.145. The van der Waals surface area contributed by atoms with Gasteiger partial charge < -0.3 is 11.1 Å². The Hall–Kier alpha value is -3.02. The lowest BCUT2D eigenvalue weighted by Gasteiger charge is -2.25. The van der Waals surface area contributed by atoms with E-state index in [2.05, 4.69) is 15.4 Å². The van der Waals surface area contributed by atoms with E-state index in [1.165, 1.54) is 0 Å². The van der Waals surface area contributed by atoms with Crippen molar-refractivity contribution in [2.75, 3.05) is 5.32 Å². The van der Waals surface area contributed by atoms with Crippen molar-refractivity contribution >= 4 is 5.95 Å². The Balaban J connectivity index is 2.19. The fraction of sp³-hybridized carbons (Fsp3) is 0.154. The molecule has 3 N–H and O–H groups in total. The van der Waals surface area contributed by atoms with Crippen LogP contribution in [0.3, 0.4) is 0 Å². The first kappa shape index (κ1) is 13.9. The number of halogens is 3. The molecule has 1 aromatic heterocycles. The zero-order valence-electron chi connectivity index (χ0n) is 11.0. The van der Waals surface area contributed by atoms with Crippen LogP contribution in [0.1, 0.15) is 17.4 Å². The number of fused-ring (bicyclic) bond motifs is 1. The fourth-order valence-electron chi connectivity index (χ4n) is 2.23. The van der Waals surface area contributed by atoms with E-state index in [4.69, 9.17) is 5.73 Å². The molecule has 22 heavy (non-hydrogen) atoms. The summed E-state index contributed by atoms with van der Waals surface area (Å²) in [6.07, 6.45) is -4.69. The molecule has 2 heterocycles. The molecule has 1 aromatic carbocycles. The summed E-state index contributed by atoms with van der Waals surface area (Å²) >= 11 is 0. The summed E-state index contributed by atoms with van der Waals surface area (Å²) in [6, 6.07) is 9.60. The average Bonchev–Trinajstić information content (AvgIpc) is 2.90. The summed E-state index contributed by atoms with van der Waals surface area (Å²) in [5, 5.41) is 15.2. The van der Waals surface area contributed by atoms with E-state index < -0.39 is 18.0 Å². The zero-order chi connectivity index (χ0) is 15.9. The number of alkyl halides is 3. The number of allylic oxidation sites excluding steroid dienone is 1. The molecular weight excluding hydrogens is 297 g/mol. The number of nitrogens with two attached hydrogens (primary N) is 1. The highest BCUT2D eigenvalue weighted by molar-refractivity contribution is 5.51. The van der Waals surface area contributed by atoms with Crippen LogP contribution in [0.5, 0.6) is 0 Å².